The van der Waals surface area contributed by atoms with Gasteiger partial charge in [-0.2, -0.15) is 0 Å². The van der Waals surface area contributed by atoms with Crippen LogP contribution < -0.4 is 5.73 Å². The molecular weight excluding hydrogens is 230 g/mol. The fourth-order valence-corrected chi connectivity index (χ4v) is 2.36. The van der Waals surface area contributed by atoms with Crippen molar-refractivity contribution in [3.63, 3.8) is 0 Å². The standard InChI is InChI=1S/C14H31NO3/c1-5-6-7-8-9-10-11-13(12-15)14(16-2,17-3)18-4/h13H,5-12,15H2,1-4H3. The molecule has 0 rings (SSSR count). The predicted octanol–water partition coefficient (Wildman–Crippen LogP) is 2.90. The molecule has 0 aromatic rings. The van der Waals surface area contributed by atoms with Crippen LogP contribution in [0.25, 0.3) is 0 Å². The topological polar surface area (TPSA) is 53.7 Å². The van der Waals surface area contributed by atoms with Gasteiger partial charge in [0, 0.05) is 27.9 Å². The molecule has 0 aliphatic rings. The molecule has 0 aliphatic carbocycles. The van der Waals surface area contributed by atoms with Gasteiger partial charge < -0.3 is 19.9 Å². The number of rotatable bonds is 12. The zero-order chi connectivity index (χ0) is 13.9. The van der Waals surface area contributed by atoms with E-state index in [4.69, 9.17) is 19.9 Å². The lowest BCUT2D eigenvalue weighted by Crippen LogP contribution is -2.47. The van der Waals surface area contributed by atoms with Gasteiger partial charge in [-0.05, 0) is 6.42 Å². The molecule has 0 bridgehead atoms. The van der Waals surface area contributed by atoms with E-state index in [1.54, 1.807) is 21.3 Å². The van der Waals surface area contributed by atoms with E-state index in [-0.39, 0.29) is 5.92 Å². The molecule has 1 atom stereocenters. The monoisotopic (exact) mass is 261 g/mol. The van der Waals surface area contributed by atoms with Crippen molar-refractivity contribution in [1.29, 1.82) is 0 Å². The highest BCUT2D eigenvalue weighted by Gasteiger charge is 2.38. The maximum Gasteiger partial charge on any atom is 0.286 e. The summed E-state index contributed by atoms with van der Waals surface area (Å²) in [5, 5.41) is 0. The summed E-state index contributed by atoms with van der Waals surface area (Å²) in [5.74, 6) is -0.915. The van der Waals surface area contributed by atoms with Gasteiger partial charge in [0.2, 0.25) is 0 Å². The van der Waals surface area contributed by atoms with Crippen molar-refractivity contribution in [2.24, 2.45) is 11.7 Å². The maximum atomic E-state index is 5.81. The second-order valence-electron chi connectivity index (χ2n) is 4.70. The molecule has 1 unspecified atom stereocenters. The van der Waals surface area contributed by atoms with Crippen LogP contribution in [0.5, 0.6) is 0 Å². The van der Waals surface area contributed by atoms with E-state index in [0.717, 1.165) is 12.8 Å². The van der Waals surface area contributed by atoms with Crippen LogP contribution in [0.15, 0.2) is 0 Å². The lowest BCUT2D eigenvalue weighted by Gasteiger charge is -2.35. The lowest BCUT2D eigenvalue weighted by atomic mass is 9.97. The van der Waals surface area contributed by atoms with Crippen molar-refractivity contribution in [3.05, 3.63) is 0 Å². The molecule has 0 aromatic carbocycles. The number of ether oxygens (including phenoxy) is 3. The zero-order valence-electron chi connectivity index (χ0n) is 12.5. The van der Waals surface area contributed by atoms with Gasteiger partial charge in [-0.1, -0.05) is 45.4 Å². The second kappa shape index (κ2) is 10.7. The van der Waals surface area contributed by atoms with Gasteiger partial charge in [-0.15, -0.1) is 0 Å². The van der Waals surface area contributed by atoms with E-state index in [0.29, 0.717) is 6.54 Å². The largest absolute Gasteiger partial charge is 0.331 e. The third kappa shape index (κ3) is 5.65. The van der Waals surface area contributed by atoms with E-state index >= 15 is 0 Å². The molecule has 0 fully saturated rings. The van der Waals surface area contributed by atoms with Crippen molar-refractivity contribution >= 4 is 0 Å². The summed E-state index contributed by atoms with van der Waals surface area (Å²) >= 11 is 0. The van der Waals surface area contributed by atoms with E-state index in [1.165, 1.54) is 32.1 Å². The third-order valence-corrected chi connectivity index (χ3v) is 3.54. The van der Waals surface area contributed by atoms with Crippen LogP contribution in [-0.2, 0) is 14.2 Å². The molecule has 0 amide bonds. The lowest BCUT2D eigenvalue weighted by molar-refractivity contribution is -0.378. The minimum absolute atomic E-state index is 0.0728. The van der Waals surface area contributed by atoms with Crippen molar-refractivity contribution in [3.8, 4) is 0 Å². The second-order valence-corrected chi connectivity index (χ2v) is 4.70. The smallest absolute Gasteiger partial charge is 0.286 e. The average molecular weight is 261 g/mol. The molecular formula is C14H31NO3. The van der Waals surface area contributed by atoms with Crippen LogP contribution in [-0.4, -0.2) is 33.8 Å². The molecule has 0 radical (unpaired) electrons. The molecule has 0 saturated heterocycles. The summed E-state index contributed by atoms with van der Waals surface area (Å²) in [7, 11) is 4.78. The Kier molecular flexibility index (Phi) is 10.6. The first-order chi connectivity index (χ1) is 8.70. The van der Waals surface area contributed by atoms with E-state index < -0.39 is 5.97 Å². The summed E-state index contributed by atoms with van der Waals surface area (Å²) in [5.41, 5.74) is 5.81. The molecule has 4 nitrogen and oxygen atoms in total. The van der Waals surface area contributed by atoms with Gasteiger partial charge in [0.1, 0.15) is 0 Å². The van der Waals surface area contributed by atoms with Gasteiger partial charge in [0.15, 0.2) is 0 Å². The first-order valence-electron chi connectivity index (χ1n) is 7.06. The first-order valence-corrected chi connectivity index (χ1v) is 7.06. The van der Waals surface area contributed by atoms with Crippen LogP contribution in [0.3, 0.4) is 0 Å². The molecule has 18 heavy (non-hydrogen) atoms. The number of nitrogens with two attached hydrogens (primary N) is 1. The molecule has 4 heteroatoms. The van der Waals surface area contributed by atoms with Crippen LogP contribution in [0.1, 0.15) is 51.9 Å². The van der Waals surface area contributed by atoms with E-state index in [9.17, 15) is 0 Å². The fourth-order valence-electron chi connectivity index (χ4n) is 2.36. The summed E-state index contributed by atoms with van der Waals surface area (Å²) in [6.07, 6.45) is 8.59. The Labute approximate surface area is 112 Å². The molecule has 0 aromatic heterocycles. The van der Waals surface area contributed by atoms with Crippen LogP contribution in [0.2, 0.25) is 0 Å². The van der Waals surface area contributed by atoms with Gasteiger partial charge >= 0.3 is 0 Å². The van der Waals surface area contributed by atoms with Crippen molar-refractivity contribution < 1.29 is 14.2 Å². The van der Waals surface area contributed by atoms with Crippen LogP contribution in [0.4, 0.5) is 0 Å². The molecule has 0 spiro atoms. The van der Waals surface area contributed by atoms with Gasteiger partial charge in [0.25, 0.3) is 5.97 Å². The summed E-state index contributed by atoms with van der Waals surface area (Å²) < 4.78 is 16.1. The molecule has 110 valence electrons. The van der Waals surface area contributed by atoms with Crippen molar-refractivity contribution in [1.82, 2.24) is 0 Å². The molecule has 0 heterocycles. The highest BCUT2D eigenvalue weighted by molar-refractivity contribution is 4.71. The maximum absolute atomic E-state index is 5.81. The fraction of sp³-hybridized carbons (Fsp3) is 1.00. The minimum atomic E-state index is -0.988. The van der Waals surface area contributed by atoms with Crippen LogP contribution >= 0.6 is 0 Å². The first kappa shape index (κ1) is 17.8. The SMILES string of the molecule is CCCCCCCCC(CN)C(OC)(OC)OC. The van der Waals surface area contributed by atoms with Gasteiger partial charge in [-0.3, -0.25) is 0 Å². The Hall–Kier alpha value is -0.160. The highest BCUT2D eigenvalue weighted by atomic mass is 16.9. The molecule has 2 N–H and O–H groups in total. The predicted molar refractivity (Wildman–Crippen MR) is 74.3 cm³/mol. The summed E-state index contributed by atoms with van der Waals surface area (Å²) in [4.78, 5) is 0. The Morgan fingerprint density at radius 1 is 0.889 bits per heavy atom. The number of hydrogen-bond acceptors (Lipinski definition) is 4. The quantitative estimate of drug-likeness (QED) is 0.433. The highest BCUT2D eigenvalue weighted by Crippen LogP contribution is 2.27. The van der Waals surface area contributed by atoms with E-state index in [1.807, 2.05) is 0 Å². The van der Waals surface area contributed by atoms with Gasteiger partial charge in [-0.25, -0.2) is 0 Å². The summed E-state index contributed by atoms with van der Waals surface area (Å²) in [6.45, 7) is 2.74. The van der Waals surface area contributed by atoms with Gasteiger partial charge in [0.05, 0.1) is 5.92 Å². The van der Waals surface area contributed by atoms with Crippen molar-refractivity contribution in [2.75, 3.05) is 27.9 Å². The Balaban J connectivity index is 4.01. The molecule has 0 saturated carbocycles. The Morgan fingerprint density at radius 3 is 1.83 bits per heavy atom. The normalized spacial score (nSPS) is 13.8. The average Bonchev–Trinajstić information content (AvgIpc) is 2.42. The number of methoxy groups -OCH3 is 3. The number of hydrogen-bond donors (Lipinski definition) is 1. The van der Waals surface area contributed by atoms with Crippen molar-refractivity contribution in [2.45, 2.75) is 57.8 Å². The Morgan fingerprint density at radius 2 is 1.39 bits per heavy atom. The molecule has 0 aliphatic heterocycles. The Bertz CT molecular complexity index is 176. The van der Waals surface area contributed by atoms with E-state index in [2.05, 4.69) is 6.92 Å². The zero-order valence-corrected chi connectivity index (χ0v) is 12.5. The van der Waals surface area contributed by atoms with Crippen LogP contribution in [0, 0.1) is 5.92 Å². The third-order valence-electron chi connectivity index (χ3n) is 3.54. The number of unbranched alkanes of at least 4 members (excludes halogenated alkanes) is 5. The summed E-state index contributed by atoms with van der Waals surface area (Å²) in [6, 6.07) is 0. The minimum Gasteiger partial charge on any atom is -0.331 e.